The molecular weight excluding hydrogens is 498 g/mol. The van der Waals surface area contributed by atoms with E-state index in [-0.39, 0.29) is 12.5 Å². The molecule has 0 spiro atoms. The second-order valence-electron chi connectivity index (χ2n) is 9.06. The fourth-order valence-corrected chi connectivity index (χ4v) is 4.53. The first-order chi connectivity index (χ1) is 19.1. The lowest BCUT2D eigenvalue weighted by molar-refractivity contribution is 0.0299. The van der Waals surface area contributed by atoms with Crippen LogP contribution in [0.2, 0.25) is 0 Å². The van der Waals surface area contributed by atoms with Gasteiger partial charge in [0.05, 0.1) is 50.4 Å². The number of aliphatic hydroxyl groups excluding tert-OH is 1. The van der Waals surface area contributed by atoms with E-state index in [1.54, 1.807) is 37.6 Å². The predicted molar refractivity (Wildman–Crippen MR) is 148 cm³/mol. The molecule has 1 saturated heterocycles. The fraction of sp³-hybridized carbons (Fsp3) is 0.310. The van der Waals surface area contributed by atoms with Gasteiger partial charge in [0.15, 0.2) is 0 Å². The van der Waals surface area contributed by atoms with Crippen molar-refractivity contribution in [2.24, 2.45) is 0 Å². The summed E-state index contributed by atoms with van der Waals surface area (Å²) in [6.45, 7) is 2.79. The molecule has 5 rings (SSSR count). The number of fused-ring (bicyclic) bond motifs is 1. The lowest BCUT2D eigenvalue weighted by Crippen LogP contribution is -2.41. The summed E-state index contributed by atoms with van der Waals surface area (Å²) in [5, 5.41) is 9.55. The number of hydrogen-bond donors (Lipinski definition) is 1. The van der Waals surface area contributed by atoms with Gasteiger partial charge in [-0.15, -0.1) is 0 Å². The normalized spacial score (nSPS) is 13.4. The molecule has 4 aromatic rings. The summed E-state index contributed by atoms with van der Waals surface area (Å²) in [5.41, 5.74) is 4.96. The average Bonchev–Trinajstić information content (AvgIpc) is 3.00. The van der Waals surface area contributed by atoms with Crippen LogP contribution in [-0.4, -0.2) is 84.5 Å². The minimum atomic E-state index is -0.121. The number of carbonyl (C=O) groups excluding carboxylic acids is 1. The van der Waals surface area contributed by atoms with Crippen LogP contribution >= 0.6 is 0 Å². The van der Waals surface area contributed by atoms with Gasteiger partial charge in [0.2, 0.25) is 0 Å². The van der Waals surface area contributed by atoms with E-state index < -0.39 is 0 Å². The monoisotopic (exact) mass is 529 g/mol. The number of aliphatic hydroxyl groups is 1. The Morgan fingerprint density at radius 2 is 1.74 bits per heavy atom. The molecule has 0 bridgehead atoms. The summed E-state index contributed by atoms with van der Waals surface area (Å²) >= 11 is 0. The molecule has 1 fully saturated rings. The SMILES string of the molecule is COc1cc(OC)cc(N(CCCO)c2ccc3ncc(-c4ccnc(C(=O)N5CCOCC5)c4)nc3c2)c1. The highest BCUT2D eigenvalue weighted by Gasteiger charge is 2.20. The largest absolute Gasteiger partial charge is 0.497 e. The van der Waals surface area contributed by atoms with Gasteiger partial charge in [0.25, 0.3) is 5.91 Å². The van der Waals surface area contributed by atoms with Crippen molar-refractivity contribution in [3.63, 3.8) is 0 Å². The summed E-state index contributed by atoms with van der Waals surface area (Å²) < 4.78 is 16.3. The molecule has 1 aliphatic heterocycles. The van der Waals surface area contributed by atoms with Gasteiger partial charge < -0.3 is 29.1 Å². The Labute approximate surface area is 226 Å². The van der Waals surface area contributed by atoms with Gasteiger partial charge >= 0.3 is 0 Å². The van der Waals surface area contributed by atoms with E-state index in [2.05, 4.69) is 14.9 Å². The Hall–Kier alpha value is -4.28. The summed E-state index contributed by atoms with van der Waals surface area (Å²) in [7, 11) is 3.23. The number of ether oxygens (including phenoxy) is 3. The van der Waals surface area contributed by atoms with Gasteiger partial charge in [-0.2, -0.15) is 0 Å². The lowest BCUT2D eigenvalue weighted by Gasteiger charge is -2.26. The molecule has 1 N–H and O–H groups in total. The van der Waals surface area contributed by atoms with Gasteiger partial charge in [-0.1, -0.05) is 0 Å². The van der Waals surface area contributed by atoms with Gasteiger partial charge in [0.1, 0.15) is 17.2 Å². The van der Waals surface area contributed by atoms with Gasteiger partial charge in [0, 0.05) is 67.6 Å². The quantitative estimate of drug-likeness (QED) is 0.347. The highest BCUT2D eigenvalue weighted by atomic mass is 16.5. The van der Waals surface area contributed by atoms with Crippen LogP contribution in [-0.2, 0) is 4.74 Å². The Bertz CT molecular complexity index is 1440. The Kier molecular flexibility index (Phi) is 8.14. The van der Waals surface area contributed by atoms with Crippen molar-refractivity contribution in [3.05, 3.63) is 66.6 Å². The number of anilines is 2. The fourth-order valence-electron chi connectivity index (χ4n) is 4.53. The van der Waals surface area contributed by atoms with Gasteiger partial charge in [-0.25, -0.2) is 4.98 Å². The second-order valence-corrected chi connectivity index (χ2v) is 9.06. The number of hydrogen-bond acceptors (Lipinski definition) is 9. The van der Waals surface area contributed by atoms with Crippen LogP contribution in [0.4, 0.5) is 11.4 Å². The third-order valence-corrected chi connectivity index (χ3v) is 6.60. The van der Waals surface area contributed by atoms with Crippen molar-refractivity contribution in [2.45, 2.75) is 6.42 Å². The highest BCUT2D eigenvalue weighted by molar-refractivity contribution is 5.93. The second kappa shape index (κ2) is 12.1. The van der Waals surface area contributed by atoms with E-state index >= 15 is 0 Å². The maximum Gasteiger partial charge on any atom is 0.272 e. The number of pyridine rings is 1. The van der Waals surface area contributed by atoms with Crippen LogP contribution in [0.15, 0.2) is 60.9 Å². The van der Waals surface area contributed by atoms with Gasteiger partial charge in [-0.05, 0) is 36.8 Å². The molecule has 0 unspecified atom stereocenters. The van der Waals surface area contributed by atoms with E-state index in [1.165, 1.54) is 0 Å². The zero-order chi connectivity index (χ0) is 27.2. The van der Waals surface area contributed by atoms with E-state index in [1.807, 2.05) is 42.5 Å². The number of nitrogens with zero attached hydrogens (tertiary/aromatic N) is 5. The van der Waals surface area contributed by atoms with E-state index in [0.29, 0.717) is 67.7 Å². The molecule has 2 aromatic carbocycles. The first-order valence-corrected chi connectivity index (χ1v) is 12.8. The predicted octanol–water partition coefficient (Wildman–Crippen LogP) is 3.70. The van der Waals surface area contributed by atoms with Crippen molar-refractivity contribution in [3.8, 4) is 22.8 Å². The standard InChI is InChI=1S/C29H31N5O5/c1-37-23-15-22(16-24(18-23)38-2)34(8-3-11-35)21-4-5-25-26(17-21)32-28(19-31-25)20-6-7-30-27(14-20)29(36)33-9-12-39-13-10-33/h4-7,14-19,35H,3,8-13H2,1-2H3. The first kappa shape index (κ1) is 26.3. The molecule has 10 heteroatoms. The third kappa shape index (κ3) is 5.92. The van der Waals surface area contributed by atoms with Crippen LogP contribution in [0.5, 0.6) is 11.5 Å². The molecule has 0 aliphatic carbocycles. The smallest absolute Gasteiger partial charge is 0.272 e. The molecule has 3 heterocycles. The molecule has 1 amide bonds. The van der Waals surface area contributed by atoms with Crippen LogP contribution in [0.3, 0.4) is 0 Å². The van der Waals surface area contributed by atoms with Crippen LogP contribution < -0.4 is 14.4 Å². The van der Waals surface area contributed by atoms with E-state index in [9.17, 15) is 9.90 Å². The molecule has 202 valence electrons. The topological polar surface area (TPSA) is 110 Å². The zero-order valence-corrected chi connectivity index (χ0v) is 22.0. The highest BCUT2D eigenvalue weighted by Crippen LogP contribution is 2.34. The number of morpholine rings is 1. The summed E-state index contributed by atoms with van der Waals surface area (Å²) in [5.74, 6) is 1.21. The molecule has 0 radical (unpaired) electrons. The van der Waals surface area contributed by atoms with Crippen LogP contribution in [0.25, 0.3) is 22.3 Å². The molecule has 10 nitrogen and oxygen atoms in total. The molecule has 0 atom stereocenters. The number of amides is 1. The molecule has 39 heavy (non-hydrogen) atoms. The Morgan fingerprint density at radius 1 is 0.974 bits per heavy atom. The zero-order valence-electron chi connectivity index (χ0n) is 22.0. The number of benzene rings is 2. The van der Waals surface area contributed by atoms with Crippen molar-refractivity contribution in [1.29, 1.82) is 0 Å². The van der Waals surface area contributed by atoms with Crippen molar-refractivity contribution < 1.29 is 24.1 Å². The minimum Gasteiger partial charge on any atom is -0.497 e. The summed E-state index contributed by atoms with van der Waals surface area (Å²) in [4.78, 5) is 30.6. The molecule has 1 aliphatic rings. The first-order valence-electron chi connectivity index (χ1n) is 12.8. The average molecular weight is 530 g/mol. The Morgan fingerprint density at radius 3 is 2.46 bits per heavy atom. The molecule has 2 aromatic heterocycles. The summed E-state index contributed by atoms with van der Waals surface area (Å²) in [6, 6.07) is 15.1. The number of aromatic nitrogens is 3. The van der Waals surface area contributed by atoms with Crippen LogP contribution in [0.1, 0.15) is 16.9 Å². The maximum absolute atomic E-state index is 13.0. The van der Waals surface area contributed by atoms with Crippen molar-refractivity contribution >= 4 is 28.3 Å². The number of rotatable bonds is 9. The lowest BCUT2D eigenvalue weighted by atomic mass is 10.1. The van der Waals surface area contributed by atoms with Crippen LogP contribution in [0, 0.1) is 0 Å². The van der Waals surface area contributed by atoms with E-state index in [4.69, 9.17) is 19.2 Å². The number of carbonyl (C=O) groups is 1. The van der Waals surface area contributed by atoms with Crippen molar-refractivity contribution in [2.75, 3.05) is 58.6 Å². The number of methoxy groups -OCH3 is 2. The summed E-state index contributed by atoms with van der Waals surface area (Å²) in [6.07, 6.45) is 3.90. The maximum atomic E-state index is 13.0. The molecular formula is C29H31N5O5. The third-order valence-electron chi connectivity index (χ3n) is 6.60. The van der Waals surface area contributed by atoms with Gasteiger partial charge in [-0.3, -0.25) is 14.8 Å². The minimum absolute atomic E-state index is 0.0582. The molecule has 0 saturated carbocycles. The van der Waals surface area contributed by atoms with E-state index in [0.717, 1.165) is 22.5 Å². The van der Waals surface area contributed by atoms with Crippen molar-refractivity contribution in [1.82, 2.24) is 19.9 Å². The Balaban J connectivity index is 1.49.